The van der Waals surface area contributed by atoms with Gasteiger partial charge in [-0.1, -0.05) is 0 Å². The molecule has 0 saturated heterocycles. The molecular formula is C10H15BrClN3O. The molecule has 6 heteroatoms. The van der Waals surface area contributed by atoms with Crippen LogP contribution in [0.5, 0.6) is 0 Å². The van der Waals surface area contributed by atoms with Crippen LogP contribution in [0.1, 0.15) is 19.3 Å². The summed E-state index contributed by atoms with van der Waals surface area (Å²) < 4.78 is 5.80. The van der Waals surface area contributed by atoms with Crippen molar-refractivity contribution in [2.24, 2.45) is 0 Å². The lowest BCUT2D eigenvalue weighted by atomic mass is 10.2. The van der Waals surface area contributed by atoms with E-state index in [0.717, 1.165) is 42.7 Å². The maximum absolute atomic E-state index is 5.70. The second kappa shape index (κ2) is 7.81. The van der Waals surface area contributed by atoms with Crippen LogP contribution in [0.3, 0.4) is 0 Å². The number of aromatic nitrogens is 2. The molecule has 0 spiro atoms. The highest BCUT2D eigenvalue weighted by atomic mass is 79.9. The van der Waals surface area contributed by atoms with Crippen LogP contribution < -0.4 is 5.32 Å². The predicted molar refractivity (Wildman–Crippen MR) is 69.0 cm³/mol. The monoisotopic (exact) mass is 307 g/mol. The quantitative estimate of drug-likeness (QED) is 0.621. The molecule has 0 saturated carbocycles. The summed E-state index contributed by atoms with van der Waals surface area (Å²) in [6.45, 7) is 1.69. The van der Waals surface area contributed by atoms with Crippen LogP contribution in [0, 0.1) is 0 Å². The molecule has 90 valence electrons. The van der Waals surface area contributed by atoms with E-state index in [1.165, 1.54) is 0 Å². The van der Waals surface area contributed by atoms with Gasteiger partial charge in [0.1, 0.15) is 5.82 Å². The van der Waals surface area contributed by atoms with E-state index in [4.69, 9.17) is 16.3 Å². The molecule has 0 aliphatic rings. The molecule has 0 aliphatic heterocycles. The molecule has 0 unspecified atom stereocenters. The van der Waals surface area contributed by atoms with Gasteiger partial charge in [-0.25, -0.2) is 4.98 Å². The van der Waals surface area contributed by atoms with Crippen molar-refractivity contribution in [2.75, 3.05) is 25.6 Å². The molecule has 1 aromatic heterocycles. The first-order valence-corrected chi connectivity index (χ1v) is 6.32. The molecule has 0 bridgehead atoms. The van der Waals surface area contributed by atoms with E-state index in [0.29, 0.717) is 0 Å². The number of halogens is 2. The third-order valence-corrected chi connectivity index (χ3v) is 2.79. The Morgan fingerprint density at radius 2 is 2.25 bits per heavy atom. The van der Waals surface area contributed by atoms with E-state index in [9.17, 15) is 0 Å². The standard InChI is InChI=1S/C10H15BrClN3O/c1-16-6-4-2-3-5-13-9-8(11)7-14-10(12)15-9/h7H,2-6H2,1H3,(H,13,14,15). The second-order valence-corrected chi connectivity index (χ2v) is 4.51. The first-order valence-electron chi connectivity index (χ1n) is 5.15. The Kier molecular flexibility index (Phi) is 6.68. The fraction of sp³-hybridized carbons (Fsp3) is 0.600. The SMILES string of the molecule is COCCCCCNc1nc(Cl)ncc1Br. The molecule has 4 nitrogen and oxygen atoms in total. The van der Waals surface area contributed by atoms with Gasteiger partial charge in [-0.3, -0.25) is 0 Å². The van der Waals surface area contributed by atoms with Gasteiger partial charge >= 0.3 is 0 Å². The van der Waals surface area contributed by atoms with Crippen LogP contribution in [0.4, 0.5) is 5.82 Å². The first-order chi connectivity index (χ1) is 7.74. The Morgan fingerprint density at radius 1 is 1.44 bits per heavy atom. The van der Waals surface area contributed by atoms with E-state index in [2.05, 4.69) is 31.2 Å². The summed E-state index contributed by atoms with van der Waals surface area (Å²) in [4.78, 5) is 7.94. The first kappa shape index (κ1) is 13.7. The van der Waals surface area contributed by atoms with Crippen molar-refractivity contribution < 1.29 is 4.74 Å². The van der Waals surface area contributed by atoms with Crippen molar-refractivity contribution in [1.29, 1.82) is 0 Å². The Labute approximate surface area is 109 Å². The summed E-state index contributed by atoms with van der Waals surface area (Å²) in [7, 11) is 1.72. The molecule has 1 N–H and O–H groups in total. The lowest BCUT2D eigenvalue weighted by Gasteiger charge is -2.07. The van der Waals surface area contributed by atoms with Gasteiger partial charge in [0.2, 0.25) is 5.28 Å². The minimum absolute atomic E-state index is 0.255. The van der Waals surface area contributed by atoms with Gasteiger partial charge in [-0.15, -0.1) is 0 Å². The zero-order valence-electron chi connectivity index (χ0n) is 9.17. The molecule has 0 amide bonds. The van der Waals surface area contributed by atoms with Crippen molar-refractivity contribution in [3.05, 3.63) is 16.0 Å². The molecular weight excluding hydrogens is 293 g/mol. The van der Waals surface area contributed by atoms with E-state index in [1.54, 1.807) is 13.3 Å². The second-order valence-electron chi connectivity index (χ2n) is 3.32. The molecule has 1 rings (SSSR count). The minimum Gasteiger partial charge on any atom is -0.385 e. The highest BCUT2D eigenvalue weighted by molar-refractivity contribution is 9.10. The number of unbranched alkanes of at least 4 members (excludes halogenated alkanes) is 2. The number of nitrogens with zero attached hydrogens (tertiary/aromatic N) is 2. The molecule has 0 atom stereocenters. The normalized spacial score (nSPS) is 10.4. The van der Waals surface area contributed by atoms with Crippen molar-refractivity contribution >= 4 is 33.3 Å². The van der Waals surface area contributed by atoms with Crippen molar-refractivity contribution in [2.45, 2.75) is 19.3 Å². The predicted octanol–water partition coefficient (Wildman–Crippen LogP) is 3.12. The van der Waals surface area contributed by atoms with Crippen molar-refractivity contribution in [3.8, 4) is 0 Å². The molecule has 0 radical (unpaired) electrons. The average molecular weight is 309 g/mol. The van der Waals surface area contributed by atoms with Gasteiger partial charge in [0.15, 0.2) is 0 Å². The summed E-state index contributed by atoms with van der Waals surface area (Å²) in [5.41, 5.74) is 0. The Balaban J connectivity index is 2.23. The van der Waals surface area contributed by atoms with E-state index in [1.807, 2.05) is 0 Å². The van der Waals surface area contributed by atoms with Crippen LogP contribution in [-0.2, 0) is 4.74 Å². The van der Waals surface area contributed by atoms with Gasteiger partial charge < -0.3 is 10.1 Å². The smallest absolute Gasteiger partial charge is 0.224 e. The maximum Gasteiger partial charge on any atom is 0.224 e. The Bertz CT molecular complexity index is 325. The number of methoxy groups -OCH3 is 1. The van der Waals surface area contributed by atoms with E-state index in [-0.39, 0.29) is 5.28 Å². The van der Waals surface area contributed by atoms with Gasteiger partial charge in [0, 0.05) is 26.5 Å². The fourth-order valence-electron chi connectivity index (χ4n) is 1.22. The van der Waals surface area contributed by atoms with Crippen LogP contribution in [0.15, 0.2) is 10.7 Å². The van der Waals surface area contributed by atoms with Crippen molar-refractivity contribution in [3.63, 3.8) is 0 Å². The Hall–Kier alpha value is -0.390. The Morgan fingerprint density at radius 3 is 3.00 bits per heavy atom. The molecule has 1 heterocycles. The number of nitrogens with one attached hydrogen (secondary N) is 1. The molecule has 16 heavy (non-hydrogen) atoms. The third-order valence-electron chi connectivity index (χ3n) is 2.03. The summed E-state index contributed by atoms with van der Waals surface area (Å²) in [6, 6.07) is 0. The molecule has 0 fully saturated rings. The van der Waals surface area contributed by atoms with Crippen molar-refractivity contribution in [1.82, 2.24) is 9.97 Å². The summed E-state index contributed by atoms with van der Waals surface area (Å²) in [6.07, 6.45) is 4.95. The van der Waals surface area contributed by atoms with Crippen LogP contribution in [0.25, 0.3) is 0 Å². The van der Waals surface area contributed by atoms with Gasteiger partial charge in [0.05, 0.1) is 4.47 Å². The van der Waals surface area contributed by atoms with Crippen LogP contribution in [-0.4, -0.2) is 30.2 Å². The highest BCUT2D eigenvalue weighted by Crippen LogP contribution is 2.19. The molecule has 0 aromatic carbocycles. The minimum atomic E-state index is 0.255. The van der Waals surface area contributed by atoms with Gasteiger partial charge in [0.25, 0.3) is 0 Å². The number of hydrogen-bond donors (Lipinski definition) is 1. The van der Waals surface area contributed by atoms with Gasteiger partial charge in [-0.05, 0) is 46.8 Å². The van der Waals surface area contributed by atoms with Crippen LogP contribution >= 0.6 is 27.5 Å². The number of rotatable bonds is 7. The lowest BCUT2D eigenvalue weighted by molar-refractivity contribution is 0.192. The fourth-order valence-corrected chi connectivity index (χ4v) is 1.69. The number of anilines is 1. The number of ether oxygens (including phenoxy) is 1. The topological polar surface area (TPSA) is 47.0 Å². The lowest BCUT2D eigenvalue weighted by Crippen LogP contribution is -2.05. The van der Waals surface area contributed by atoms with Crippen LogP contribution in [0.2, 0.25) is 5.28 Å². The third kappa shape index (κ3) is 5.09. The summed E-state index contributed by atoms with van der Waals surface area (Å²) in [5, 5.41) is 3.46. The largest absolute Gasteiger partial charge is 0.385 e. The highest BCUT2D eigenvalue weighted by Gasteiger charge is 2.02. The zero-order valence-corrected chi connectivity index (χ0v) is 11.5. The van der Waals surface area contributed by atoms with E-state index < -0.39 is 0 Å². The molecule has 1 aromatic rings. The average Bonchev–Trinajstić information content (AvgIpc) is 2.28. The summed E-state index contributed by atoms with van der Waals surface area (Å²) in [5.74, 6) is 0.742. The van der Waals surface area contributed by atoms with E-state index >= 15 is 0 Å². The maximum atomic E-state index is 5.70. The number of hydrogen-bond acceptors (Lipinski definition) is 4. The molecule has 0 aliphatic carbocycles. The zero-order chi connectivity index (χ0) is 11.8. The van der Waals surface area contributed by atoms with Gasteiger partial charge in [-0.2, -0.15) is 4.98 Å². The summed E-state index contributed by atoms with van der Waals surface area (Å²) >= 11 is 9.06.